The van der Waals surface area contributed by atoms with E-state index in [2.05, 4.69) is 9.97 Å². The van der Waals surface area contributed by atoms with Gasteiger partial charge in [0.25, 0.3) is 0 Å². The van der Waals surface area contributed by atoms with Crippen molar-refractivity contribution in [1.82, 2.24) is 9.97 Å². The van der Waals surface area contributed by atoms with Crippen LogP contribution < -0.4 is 4.74 Å². The van der Waals surface area contributed by atoms with Gasteiger partial charge in [0, 0.05) is 6.07 Å². The molecular formula is C11H7N3O5. The average molecular weight is 261 g/mol. The molecule has 1 heterocycles. The highest BCUT2D eigenvalue weighted by Gasteiger charge is 2.16. The molecular weight excluding hydrogens is 254 g/mol. The minimum absolute atomic E-state index is 0.0376. The first-order chi connectivity index (χ1) is 9.08. The summed E-state index contributed by atoms with van der Waals surface area (Å²) in [6.07, 6.45) is 2.22. The molecule has 1 N–H and O–H groups in total. The monoisotopic (exact) mass is 261 g/mol. The van der Waals surface area contributed by atoms with E-state index in [1.807, 2.05) is 0 Å². The smallest absolute Gasteiger partial charge is 0.356 e. The van der Waals surface area contributed by atoms with Crippen LogP contribution in [0.5, 0.6) is 11.6 Å². The van der Waals surface area contributed by atoms with Crippen LogP contribution in [0.2, 0.25) is 0 Å². The molecule has 0 unspecified atom stereocenters. The number of aromatic carboxylic acids is 1. The number of hydrogen-bond acceptors (Lipinski definition) is 6. The van der Waals surface area contributed by atoms with Crippen LogP contribution in [0.25, 0.3) is 0 Å². The number of para-hydroxylation sites is 2. The number of hydrogen-bond donors (Lipinski definition) is 1. The minimum Gasteiger partial charge on any atom is -0.476 e. The van der Waals surface area contributed by atoms with E-state index >= 15 is 0 Å². The fraction of sp³-hybridized carbons (Fsp3) is 0. The molecule has 1 aromatic carbocycles. The number of aromatic nitrogens is 2. The van der Waals surface area contributed by atoms with Gasteiger partial charge in [-0.05, 0) is 6.07 Å². The fourth-order valence-corrected chi connectivity index (χ4v) is 1.31. The second-order valence-electron chi connectivity index (χ2n) is 3.37. The predicted molar refractivity (Wildman–Crippen MR) is 62.2 cm³/mol. The molecule has 0 aliphatic heterocycles. The van der Waals surface area contributed by atoms with Gasteiger partial charge < -0.3 is 9.84 Å². The van der Waals surface area contributed by atoms with Crippen LogP contribution in [0.3, 0.4) is 0 Å². The predicted octanol–water partition coefficient (Wildman–Crippen LogP) is 1.88. The molecule has 0 spiro atoms. The van der Waals surface area contributed by atoms with Gasteiger partial charge >= 0.3 is 11.7 Å². The highest BCUT2D eigenvalue weighted by atomic mass is 16.6. The third kappa shape index (κ3) is 2.80. The average Bonchev–Trinajstić information content (AvgIpc) is 2.39. The Balaban J connectivity index is 2.34. The Kier molecular flexibility index (Phi) is 3.33. The van der Waals surface area contributed by atoms with Crippen molar-refractivity contribution in [3.05, 3.63) is 52.5 Å². The van der Waals surface area contributed by atoms with Gasteiger partial charge in [0.05, 0.1) is 17.3 Å². The largest absolute Gasteiger partial charge is 0.476 e. The molecule has 2 rings (SSSR count). The van der Waals surface area contributed by atoms with E-state index in [0.29, 0.717) is 0 Å². The first kappa shape index (κ1) is 12.4. The van der Waals surface area contributed by atoms with Gasteiger partial charge in [0.15, 0.2) is 5.69 Å². The number of rotatable bonds is 4. The van der Waals surface area contributed by atoms with E-state index in [1.54, 1.807) is 6.07 Å². The van der Waals surface area contributed by atoms with Crippen molar-refractivity contribution >= 4 is 11.7 Å². The number of carbonyl (C=O) groups is 1. The van der Waals surface area contributed by atoms with E-state index in [4.69, 9.17) is 9.84 Å². The van der Waals surface area contributed by atoms with Crippen LogP contribution in [0.15, 0.2) is 36.7 Å². The van der Waals surface area contributed by atoms with Gasteiger partial charge in [-0.15, -0.1) is 0 Å². The maximum absolute atomic E-state index is 10.8. The maximum atomic E-state index is 10.8. The molecule has 1 aromatic heterocycles. The lowest BCUT2D eigenvalue weighted by Gasteiger charge is -2.04. The normalized spacial score (nSPS) is 9.89. The van der Waals surface area contributed by atoms with Crippen molar-refractivity contribution in [3.8, 4) is 11.6 Å². The number of ether oxygens (including phenoxy) is 1. The van der Waals surface area contributed by atoms with E-state index < -0.39 is 10.9 Å². The van der Waals surface area contributed by atoms with Crippen molar-refractivity contribution in [2.45, 2.75) is 0 Å². The zero-order valence-electron chi connectivity index (χ0n) is 9.39. The van der Waals surface area contributed by atoms with Crippen molar-refractivity contribution < 1.29 is 19.6 Å². The van der Waals surface area contributed by atoms with Gasteiger partial charge in [0.2, 0.25) is 11.6 Å². The highest BCUT2D eigenvalue weighted by Crippen LogP contribution is 2.29. The minimum atomic E-state index is -1.26. The Morgan fingerprint density at radius 1 is 1.32 bits per heavy atom. The van der Waals surface area contributed by atoms with E-state index in [0.717, 1.165) is 6.20 Å². The molecule has 0 aliphatic rings. The fourth-order valence-electron chi connectivity index (χ4n) is 1.31. The molecule has 0 saturated heterocycles. The van der Waals surface area contributed by atoms with Gasteiger partial charge in [0.1, 0.15) is 0 Å². The van der Waals surface area contributed by atoms with E-state index in [-0.39, 0.29) is 23.0 Å². The third-order valence-corrected chi connectivity index (χ3v) is 2.11. The highest BCUT2D eigenvalue weighted by molar-refractivity contribution is 5.84. The van der Waals surface area contributed by atoms with Crippen molar-refractivity contribution in [2.24, 2.45) is 0 Å². The van der Waals surface area contributed by atoms with Gasteiger partial charge in [-0.1, -0.05) is 12.1 Å². The van der Waals surface area contributed by atoms with Crippen LogP contribution in [-0.2, 0) is 0 Å². The van der Waals surface area contributed by atoms with Crippen molar-refractivity contribution in [2.75, 3.05) is 0 Å². The summed E-state index contributed by atoms with van der Waals surface area (Å²) in [6, 6.07) is 5.69. The second-order valence-corrected chi connectivity index (χ2v) is 3.37. The zero-order valence-corrected chi connectivity index (χ0v) is 9.39. The molecule has 0 amide bonds. The molecule has 19 heavy (non-hydrogen) atoms. The summed E-state index contributed by atoms with van der Waals surface area (Å²) in [4.78, 5) is 28.2. The summed E-state index contributed by atoms with van der Waals surface area (Å²) >= 11 is 0. The lowest BCUT2D eigenvalue weighted by molar-refractivity contribution is -0.385. The van der Waals surface area contributed by atoms with Gasteiger partial charge in [-0.3, -0.25) is 15.1 Å². The Morgan fingerprint density at radius 2 is 2.05 bits per heavy atom. The molecule has 0 radical (unpaired) electrons. The Hall–Kier alpha value is -3.03. The van der Waals surface area contributed by atoms with Crippen molar-refractivity contribution in [3.63, 3.8) is 0 Å². The topological polar surface area (TPSA) is 115 Å². The second kappa shape index (κ2) is 5.08. The van der Waals surface area contributed by atoms with Gasteiger partial charge in [-0.25, -0.2) is 9.78 Å². The Morgan fingerprint density at radius 3 is 2.74 bits per heavy atom. The lowest BCUT2D eigenvalue weighted by atomic mass is 10.3. The van der Waals surface area contributed by atoms with Crippen LogP contribution >= 0.6 is 0 Å². The summed E-state index contributed by atoms with van der Waals surface area (Å²) in [6.45, 7) is 0. The van der Waals surface area contributed by atoms with Crippen LogP contribution in [0.4, 0.5) is 5.69 Å². The summed E-state index contributed by atoms with van der Waals surface area (Å²) in [7, 11) is 0. The van der Waals surface area contributed by atoms with Crippen LogP contribution in [0, 0.1) is 10.1 Å². The molecule has 0 aliphatic carbocycles. The Bertz CT molecular complexity index is 644. The molecule has 0 saturated carbocycles. The molecule has 8 nitrogen and oxygen atoms in total. The Labute approximate surface area is 106 Å². The molecule has 8 heteroatoms. The lowest BCUT2D eigenvalue weighted by Crippen LogP contribution is -2.02. The van der Waals surface area contributed by atoms with Crippen LogP contribution in [0.1, 0.15) is 10.5 Å². The quantitative estimate of drug-likeness (QED) is 0.659. The summed E-state index contributed by atoms with van der Waals surface area (Å²) < 4.78 is 5.18. The summed E-state index contributed by atoms with van der Waals surface area (Å²) in [5.41, 5.74) is -0.555. The van der Waals surface area contributed by atoms with Crippen LogP contribution in [-0.4, -0.2) is 26.0 Å². The standard InChI is InChI=1S/C11H7N3O5/c15-11(16)7-5-12-6-10(13-7)19-9-4-2-1-3-8(9)14(17)18/h1-6H,(H,15,16). The van der Waals surface area contributed by atoms with Gasteiger partial charge in [-0.2, -0.15) is 0 Å². The summed E-state index contributed by atoms with van der Waals surface area (Å²) in [5.74, 6) is -1.43. The number of nitro groups is 1. The maximum Gasteiger partial charge on any atom is 0.356 e. The number of carboxylic acid groups (broad SMARTS) is 1. The zero-order chi connectivity index (χ0) is 13.8. The SMILES string of the molecule is O=C(O)c1cncc(Oc2ccccc2[N+](=O)[O-])n1. The molecule has 0 atom stereocenters. The number of nitro benzene ring substituents is 1. The van der Waals surface area contributed by atoms with E-state index in [1.165, 1.54) is 24.4 Å². The van der Waals surface area contributed by atoms with E-state index in [9.17, 15) is 14.9 Å². The number of benzene rings is 1. The van der Waals surface area contributed by atoms with Crippen molar-refractivity contribution in [1.29, 1.82) is 0 Å². The molecule has 0 fully saturated rings. The number of carboxylic acids is 1. The molecule has 2 aromatic rings. The first-order valence-electron chi connectivity index (χ1n) is 5.04. The number of nitrogens with zero attached hydrogens (tertiary/aromatic N) is 3. The molecule has 96 valence electrons. The molecule has 0 bridgehead atoms. The third-order valence-electron chi connectivity index (χ3n) is 2.11. The summed E-state index contributed by atoms with van der Waals surface area (Å²) in [5, 5.41) is 19.5. The first-order valence-corrected chi connectivity index (χ1v) is 5.04.